The largest absolute Gasteiger partial charge is 0.455 e. The molecule has 0 spiro atoms. The molecule has 11 aromatic rings. The first-order chi connectivity index (χ1) is 26.3. The molecule has 53 heavy (non-hydrogen) atoms. The molecule has 0 bridgehead atoms. The highest BCUT2D eigenvalue weighted by Crippen LogP contribution is 2.51. The van der Waals surface area contributed by atoms with Crippen molar-refractivity contribution < 1.29 is 8.83 Å². The van der Waals surface area contributed by atoms with Gasteiger partial charge in [-0.05, 0) is 75.8 Å². The van der Waals surface area contributed by atoms with E-state index in [0.29, 0.717) is 0 Å². The first-order valence-corrected chi connectivity index (χ1v) is 18.0. The first kappa shape index (κ1) is 29.6. The van der Waals surface area contributed by atoms with Crippen LogP contribution in [-0.2, 0) is 0 Å². The molecule has 3 nitrogen and oxygen atoms in total. The zero-order valence-electron chi connectivity index (χ0n) is 28.7. The Bertz CT molecular complexity index is 3170. The number of nitrogens with zero attached hydrogens (tertiary/aromatic N) is 1. The summed E-state index contributed by atoms with van der Waals surface area (Å²) in [7, 11) is 0. The van der Waals surface area contributed by atoms with Gasteiger partial charge in [0.2, 0.25) is 0 Å². The van der Waals surface area contributed by atoms with Crippen molar-refractivity contribution in [2.45, 2.75) is 0 Å². The molecular formula is C50H31NO2. The molecule has 0 fully saturated rings. The van der Waals surface area contributed by atoms with Crippen LogP contribution in [0.4, 0.5) is 17.1 Å². The van der Waals surface area contributed by atoms with E-state index >= 15 is 0 Å². The van der Waals surface area contributed by atoms with Crippen LogP contribution in [0.2, 0.25) is 0 Å². The number of benzene rings is 9. The molecule has 0 aliphatic rings. The molecule has 2 aromatic heterocycles. The number of hydrogen-bond acceptors (Lipinski definition) is 3. The van der Waals surface area contributed by atoms with Crippen molar-refractivity contribution in [2.75, 3.05) is 4.90 Å². The molecular weight excluding hydrogens is 647 g/mol. The van der Waals surface area contributed by atoms with Gasteiger partial charge in [-0.25, -0.2) is 0 Å². The average Bonchev–Trinajstić information content (AvgIpc) is 3.81. The lowest BCUT2D eigenvalue weighted by Crippen LogP contribution is -2.12. The van der Waals surface area contributed by atoms with E-state index in [0.717, 1.165) is 82.8 Å². The number of hydrogen-bond donors (Lipinski definition) is 0. The zero-order valence-corrected chi connectivity index (χ0v) is 28.7. The monoisotopic (exact) mass is 677 g/mol. The molecule has 0 aliphatic heterocycles. The van der Waals surface area contributed by atoms with Crippen LogP contribution in [0, 0.1) is 0 Å². The summed E-state index contributed by atoms with van der Waals surface area (Å²) in [5.41, 5.74) is 11.0. The second kappa shape index (κ2) is 11.7. The average molecular weight is 678 g/mol. The minimum Gasteiger partial charge on any atom is -0.455 e. The van der Waals surface area contributed by atoms with E-state index < -0.39 is 0 Å². The predicted molar refractivity (Wildman–Crippen MR) is 222 cm³/mol. The predicted octanol–water partition coefficient (Wildman–Crippen LogP) is 14.6. The fourth-order valence-electron chi connectivity index (χ4n) is 8.14. The molecule has 3 heteroatoms. The van der Waals surface area contributed by atoms with Crippen molar-refractivity contribution in [3.8, 4) is 22.3 Å². The van der Waals surface area contributed by atoms with Gasteiger partial charge in [-0.2, -0.15) is 0 Å². The summed E-state index contributed by atoms with van der Waals surface area (Å²) >= 11 is 0. The molecule has 2 heterocycles. The lowest BCUT2D eigenvalue weighted by Gasteiger charge is -2.29. The minimum absolute atomic E-state index is 0.832. The fourth-order valence-corrected chi connectivity index (χ4v) is 8.14. The first-order valence-electron chi connectivity index (χ1n) is 18.0. The van der Waals surface area contributed by atoms with Crippen LogP contribution in [-0.4, -0.2) is 0 Å². The number of rotatable bonds is 5. The van der Waals surface area contributed by atoms with Crippen LogP contribution in [0.3, 0.4) is 0 Å². The van der Waals surface area contributed by atoms with E-state index in [1.807, 2.05) is 12.1 Å². The Morgan fingerprint density at radius 2 is 1.00 bits per heavy atom. The third-order valence-corrected chi connectivity index (χ3v) is 10.6. The normalized spacial score (nSPS) is 11.8. The Hall–Kier alpha value is -7.10. The molecule has 248 valence electrons. The number of fused-ring (bicyclic) bond motifs is 9. The van der Waals surface area contributed by atoms with Gasteiger partial charge >= 0.3 is 0 Å². The molecule has 0 saturated heterocycles. The summed E-state index contributed by atoms with van der Waals surface area (Å²) in [6.45, 7) is 0. The fraction of sp³-hybridized carbons (Fsp3) is 0. The smallest absolute Gasteiger partial charge is 0.143 e. The van der Waals surface area contributed by atoms with Crippen molar-refractivity contribution in [3.63, 3.8) is 0 Å². The lowest BCUT2D eigenvalue weighted by molar-refractivity contribution is 0.669. The Labute approximate surface area is 305 Å². The van der Waals surface area contributed by atoms with Gasteiger partial charge in [0.1, 0.15) is 22.3 Å². The molecule has 0 amide bonds. The van der Waals surface area contributed by atoms with Gasteiger partial charge in [-0.15, -0.1) is 0 Å². The maximum atomic E-state index is 6.85. The summed E-state index contributed by atoms with van der Waals surface area (Å²) in [6.07, 6.45) is 0. The second-order valence-corrected chi connectivity index (χ2v) is 13.7. The quantitative estimate of drug-likeness (QED) is 0.182. The SMILES string of the molecule is c1ccc(-c2ccc(N(c3ccc4ccccc4c3)c3c(-c4cccc5c4oc4ccccc45)ccc4oc5c6ccccc6ccc5c34)cc2)cc1. The highest BCUT2D eigenvalue weighted by molar-refractivity contribution is 6.23. The molecule has 9 aromatic carbocycles. The topological polar surface area (TPSA) is 29.5 Å². The molecule has 0 atom stereocenters. The van der Waals surface area contributed by atoms with Gasteiger partial charge < -0.3 is 13.7 Å². The van der Waals surface area contributed by atoms with Crippen LogP contribution in [0.5, 0.6) is 0 Å². The van der Waals surface area contributed by atoms with E-state index in [1.165, 1.54) is 21.9 Å². The van der Waals surface area contributed by atoms with Gasteiger partial charge in [0.05, 0.1) is 11.1 Å². The van der Waals surface area contributed by atoms with Crippen molar-refractivity contribution in [1.82, 2.24) is 0 Å². The molecule has 11 rings (SSSR count). The van der Waals surface area contributed by atoms with Crippen LogP contribution >= 0.6 is 0 Å². The molecule has 0 unspecified atom stereocenters. The Kier molecular flexibility index (Phi) is 6.55. The molecule has 0 radical (unpaired) electrons. The maximum absolute atomic E-state index is 6.85. The van der Waals surface area contributed by atoms with Gasteiger partial charge in [0.15, 0.2) is 0 Å². The summed E-state index contributed by atoms with van der Waals surface area (Å²) in [5, 5.41) is 8.93. The summed E-state index contributed by atoms with van der Waals surface area (Å²) in [6, 6.07) is 66.8. The third-order valence-electron chi connectivity index (χ3n) is 10.6. The van der Waals surface area contributed by atoms with Gasteiger partial charge in [-0.1, -0.05) is 140 Å². The van der Waals surface area contributed by atoms with E-state index in [4.69, 9.17) is 8.83 Å². The molecule has 0 N–H and O–H groups in total. The van der Waals surface area contributed by atoms with E-state index in [-0.39, 0.29) is 0 Å². The van der Waals surface area contributed by atoms with Crippen molar-refractivity contribution in [1.29, 1.82) is 0 Å². The highest BCUT2D eigenvalue weighted by Gasteiger charge is 2.26. The van der Waals surface area contributed by atoms with Crippen molar-refractivity contribution in [2.24, 2.45) is 0 Å². The summed E-state index contributed by atoms with van der Waals surface area (Å²) < 4.78 is 13.6. The van der Waals surface area contributed by atoms with E-state index in [2.05, 4.69) is 181 Å². The lowest BCUT2D eigenvalue weighted by atomic mass is 9.95. The third kappa shape index (κ3) is 4.68. The van der Waals surface area contributed by atoms with Gasteiger partial charge in [-0.3, -0.25) is 0 Å². The standard InChI is InChI=1S/C50H31NO2/c1-2-11-32(12-3-1)34-21-25-37(26-22-34)51(38-27-23-33-13-4-5-15-36(33)31-38)48-41(43-19-10-18-42-40-17-8-9-20-45(40)52-50(42)43)29-30-46-47(48)44-28-24-35-14-6-7-16-39(35)49(44)53-46/h1-31H. The zero-order chi connectivity index (χ0) is 34.9. The number of furan rings is 2. The second-order valence-electron chi connectivity index (χ2n) is 13.7. The Balaban J connectivity index is 1.27. The number of anilines is 3. The maximum Gasteiger partial charge on any atom is 0.143 e. The van der Waals surface area contributed by atoms with Crippen LogP contribution in [0.1, 0.15) is 0 Å². The summed E-state index contributed by atoms with van der Waals surface area (Å²) in [4.78, 5) is 2.41. The highest BCUT2D eigenvalue weighted by atomic mass is 16.3. The molecule has 0 saturated carbocycles. The summed E-state index contributed by atoms with van der Waals surface area (Å²) in [5.74, 6) is 0. The number of para-hydroxylation sites is 2. The molecule has 0 aliphatic carbocycles. The van der Waals surface area contributed by atoms with Crippen molar-refractivity contribution >= 4 is 82.5 Å². The van der Waals surface area contributed by atoms with Gasteiger partial charge in [0, 0.05) is 44.0 Å². The Morgan fingerprint density at radius 3 is 1.87 bits per heavy atom. The van der Waals surface area contributed by atoms with Crippen LogP contribution in [0.25, 0.3) is 87.7 Å². The Morgan fingerprint density at radius 1 is 0.340 bits per heavy atom. The van der Waals surface area contributed by atoms with E-state index in [9.17, 15) is 0 Å². The van der Waals surface area contributed by atoms with Crippen LogP contribution < -0.4 is 4.90 Å². The van der Waals surface area contributed by atoms with Crippen LogP contribution in [0.15, 0.2) is 197 Å². The van der Waals surface area contributed by atoms with E-state index in [1.54, 1.807) is 0 Å². The van der Waals surface area contributed by atoms with Gasteiger partial charge in [0.25, 0.3) is 0 Å². The minimum atomic E-state index is 0.832. The van der Waals surface area contributed by atoms with Crippen molar-refractivity contribution in [3.05, 3.63) is 188 Å².